The number of carbonyl (C=O) groups is 2. The first-order chi connectivity index (χ1) is 15.0. The molecule has 0 spiro atoms. The predicted molar refractivity (Wildman–Crippen MR) is 118 cm³/mol. The first-order valence-corrected chi connectivity index (χ1v) is 10.9. The summed E-state index contributed by atoms with van der Waals surface area (Å²) in [5.74, 6) is 0.162. The Morgan fingerprint density at radius 2 is 1.71 bits per heavy atom. The maximum absolute atomic E-state index is 13.1. The average Bonchev–Trinajstić information content (AvgIpc) is 3.09. The zero-order chi connectivity index (χ0) is 21.8. The summed E-state index contributed by atoms with van der Waals surface area (Å²) in [6.45, 7) is 4.15. The lowest BCUT2D eigenvalue weighted by molar-refractivity contribution is -0.123. The molecule has 2 heterocycles. The summed E-state index contributed by atoms with van der Waals surface area (Å²) in [5, 5.41) is 3.43. The summed E-state index contributed by atoms with van der Waals surface area (Å²) < 4.78 is 18.7. The molecule has 0 aromatic heterocycles. The second-order valence-electron chi connectivity index (χ2n) is 8.09. The minimum atomic E-state index is -0.407. The molecule has 6 nitrogen and oxygen atoms in total. The number of amides is 2. The van der Waals surface area contributed by atoms with Crippen LogP contribution >= 0.6 is 0 Å². The molecule has 4 rings (SSSR count). The molecule has 0 saturated carbocycles. The Hall–Kier alpha value is -2.93. The highest BCUT2D eigenvalue weighted by molar-refractivity contribution is 6.22. The van der Waals surface area contributed by atoms with Crippen molar-refractivity contribution in [3.05, 3.63) is 54.3 Å². The monoisotopic (exact) mass is 425 g/mol. The van der Waals surface area contributed by atoms with Crippen molar-refractivity contribution in [2.75, 3.05) is 29.9 Å². The van der Waals surface area contributed by atoms with Crippen LogP contribution in [0.4, 0.5) is 15.8 Å². The van der Waals surface area contributed by atoms with Crippen molar-refractivity contribution in [3.63, 3.8) is 0 Å². The number of rotatable bonds is 7. The van der Waals surface area contributed by atoms with E-state index < -0.39 is 6.04 Å². The zero-order valence-electron chi connectivity index (χ0n) is 17.7. The SMILES string of the molecule is CCCOc1ccc(N2C(=O)CC(N3CCC(Nc4ccc(F)cc4)CC3)C2=O)cc1. The third-order valence-electron chi connectivity index (χ3n) is 5.88. The molecule has 1 unspecified atom stereocenters. The summed E-state index contributed by atoms with van der Waals surface area (Å²) in [6, 6.07) is 13.3. The smallest absolute Gasteiger partial charge is 0.251 e. The molecule has 0 radical (unpaired) electrons. The summed E-state index contributed by atoms with van der Waals surface area (Å²) in [7, 11) is 0. The number of halogens is 1. The number of hydrogen-bond donors (Lipinski definition) is 1. The van der Waals surface area contributed by atoms with Crippen LogP contribution in [0.2, 0.25) is 0 Å². The van der Waals surface area contributed by atoms with Gasteiger partial charge in [0.05, 0.1) is 24.8 Å². The van der Waals surface area contributed by atoms with Crippen molar-refractivity contribution >= 4 is 23.2 Å². The van der Waals surface area contributed by atoms with Gasteiger partial charge in [0.1, 0.15) is 11.6 Å². The van der Waals surface area contributed by atoms with Crippen molar-refractivity contribution in [1.82, 2.24) is 4.90 Å². The molecule has 2 aromatic carbocycles. The van der Waals surface area contributed by atoms with Crippen LogP contribution in [0.3, 0.4) is 0 Å². The highest BCUT2D eigenvalue weighted by Crippen LogP contribution is 2.29. The fourth-order valence-corrected chi connectivity index (χ4v) is 4.22. The van der Waals surface area contributed by atoms with Crippen LogP contribution < -0.4 is 15.0 Å². The molecule has 31 heavy (non-hydrogen) atoms. The van der Waals surface area contributed by atoms with E-state index in [2.05, 4.69) is 10.2 Å². The van der Waals surface area contributed by atoms with Gasteiger partial charge in [-0.3, -0.25) is 14.5 Å². The van der Waals surface area contributed by atoms with E-state index in [-0.39, 0.29) is 30.1 Å². The zero-order valence-corrected chi connectivity index (χ0v) is 17.7. The Bertz CT molecular complexity index is 909. The van der Waals surface area contributed by atoms with Gasteiger partial charge in [0.2, 0.25) is 5.91 Å². The van der Waals surface area contributed by atoms with E-state index in [4.69, 9.17) is 4.74 Å². The summed E-state index contributed by atoms with van der Waals surface area (Å²) in [4.78, 5) is 29.1. The average molecular weight is 426 g/mol. The van der Waals surface area contributed by atoms with Crippen LogP contribution in [0.5, 0.6) is 5.75 Å². The number of nitrogens with one attached hydrogen (secondary N) is 1. The molecule has 2 aromatic rings. The number of anilines is 2. The normalized spacial score (nSPS) is 20.3. The van der Waals surface area contributed by atoms with E-state index in [9.17, 15) is 14.0 Å². The first kappa shape index (κ1) is 21.3. The summed E-state index contributed by atoms with van der Waals surface area (Å²) in [5.41, 5.74) is 1.48. The van der Waals surface area contributed by atoms with Crippen LogP contribution in [-0.2, 0) is 9.59 Å². The van der Waals surface area contributed by atoms with Gasteiger partial charge >= 0.3 is 0 Å². The summed E-state index contributed by atoms with van der Waals surface area (Å²) >= 11 is 0. The molecule has 0 bridgehead atoms. The lowest BCUT2D eigenvalue weighted by Gasteiger charge is -2.35. The lowest BCUT2D eigenvalue weighted by Crippen LogP contribution is -2.48. The van der Waals surface area contributed by atoms with Crippen molar-refractivity contribution in [2.24, 2.45) is 0 Å². The van der Waals surface area contributed by atoms with Crippen LogP contribution in [0.15, 0.2) is 48.5 Å². The maximum Gasteiger partial charge on any atom is 0.251 e. The lowest BCUT2D eigenvalue weighted by atomic mass is 10.0. The highest BCUT2D eigenvalue weighted by atomic mass is 19.1. The molecular formula is C24H28FN3O3. The van der Waals surface area contributed by atoms with E-state index in [0.717, 1.165) is 43.8 Å². The number of piperidine rings is 1. The molecule has 2 aliphatic rings. The number of ether oxygens (including phenoxy) is 1. The molecule has 2 fully saturated rings. The van der Waals surface area contributed by atoms with Crippen LogP contribution in [0.25, 0.3) is 0 Å². The fraction of sp³-hybridized carbons (Fsp3) is 0.417. The maximum atomic E-state index is 13.1. The van der Waals surface area contributed by atoms with Crippen LogP contribution in [-0.4, -0.2) is 48.5 Å². The predicted octanol–water partition coefficient (Wildman–Crippen LogP) is 3.82. The third-order valence-corrected chi connectivity index (χ3v) is 5.88. The van der Waals surface area contributed by atoms with Crippen LogP contribution in [0, 0.1) is 5.82 Å². The van der Waals surface area contributed by atoms with Gasteiger partial charge in [0, 0.05) is 24.8 Å². The second kappa shape index (κ2) is 9.47. The van der Waals surface area contributed by atoms with E-state index in [1.54, 1.807) is 36.4 Å². The van der Waals surface area contributed by atoms with Gasteiger partial charge in [-0.2, -0.15) is 0 Å². The highest BCUT2D eigenvalue weighted by Gasteiger charge is 2.43. The van der Waals surface area contributed by atoms with Crippen molar-refractivity contribution in [3.8, 4) is 5.75 Å². The molecule has 1 atom stereocenters. The Morgan fingerprint density at radius 1 is 1.03 bits per heavy atom. The molecule has 164 valence electrons. The number of carbonyl (C=O) groups excluding carboxylic acids is 2. The Balaban J connectivity index is 1.34. The molecule has 1 N–H and O–H groups in total. The topological polar surface area (TPSA) is 61.9 Å². The summed E-state index contributed by atoms with van der Waals surface area (Å²) in [6.07, 6.45) is 2.85. The van der Waals surface area contributed by atoms with Gasteiger partial charge in [-0.1, -0.05) is 6.92 Å². The van der Waals surface area contributed by atoms with Crippen molar-refractivity contribution < 1.29 is 18.7 Å². The number of benzene rings is 2. The molecular weight excluding hydrogens is 397 g/mol. The number of likely N-dealkylation sites (tertiary alicyclic amines) is 1. The Labute approximate surface area is 182 Å². The molecule has 2 saturated heterocycles. The molecule has 0 aliphatic carbocycles. The van der Waals surface area contributed by atoms with Crippen molar-refractivity contribution in [2.45, 2.75) is 44.7 Å². The van der Waals surface area contributed by atoms with Crippen molar-refractivity contribution in [1.29, 1.82) is 0 Å². The fourth-order valence-electron chi connectivity index (χ4n) is 4.22. The molecule has 2 amide bonds. The number of hydrogen-bond acceptors (Lipinski definition) is 5. The third kappa shape index (κ3) is 4.88. The van der Waals surface area contributed by atoms with Gasteiger partial charge in [-0.15, -0.1) is 0 Å². The largest absolute Gasteiger partial charge is 0.494 e. The van der Waals surface area contributed by atoms with E-state index >= 15 is 0 Å². The van der Waals surface area contributed by atoms with E-state index in [1.807, 2.05) is 6.92 Å². The van der Waals surface area contributed by atoms with Gasteiger partial charge in [-0.25, -0.2) is 9.29 Å². The van der Waals surface area contributed by atoms with E-state index in [0.29, 0.717) is 12.3 Å². The van der Waals surface area contributed by atoms with Gasteiger partial charge in [-0.05, 0) is 67.8 Å². The Kier molecular flexibility index (Phi) is 6.51. The Morgan fingerprint density at radius 3 is 2.35 bits per heavy atom. The van der Waals surface area contributed by atoms with Gasteiger partial charge < -0.3 is 10.1 Å². The standard InChI is InChI=1S/C24H28FN3O3/c1-2-15-31-21-9-7-20(8-10-21)28-23(29)16-22(24(28)30)27-13-11-19(12-14-27)26-18-5-3-17(25)4-6-18/h3-10,19,22,26H,2,11-16H2,1H3. The molecule has 2 aliphatic heterocycles. The quantitative estimate of drug-likeness (QED) is 0.684. The second-order valence-corrected chi connectivity index (χ2v) is 8.09. The van der Waals surface area contributed by atoms with Crippen LogP contribution in [0.1, 0.15) is 32.6 Å². The minimum Gasteiger partial charge on any atom is -0.494 e. The first-order valence-electron chi connectivity index (χ1n) is 10.9. The number of nitrogens with zero attached hydrogens (tertiary/aromatic N) is 2. The number of imide groups is 1. The van der Waals surface area contributed by atoms with Gasteiger partial charge in [0.15, 0.2) is 0 Å². The minimum absolute atomic E-state index is 0.155. The van der Waals surface area contributed by atoms with Gasteiger partial charge in [0.25, 0.3) is 5.91 Å². The van der Waals surface area contributed by atoms with E-state index in [1.165, 1.54) is 17.0 Å². The molecule has 7 heteroatoms.